The molecule has 0 aromatic heterocycles. The molecule has 2 heteroatoms. The molecule has 0 radical (unpaired) electrons. The Morgan fingerprint density at radius 3 is 1.87 bits per heavy atom. The molecule has 0 bridgehead atoms. The fraction of sp³-hybridized carbons (Fsp3) is 1.00. The van der Waals surface area contributed by atoms with Crippen LogP contribution in [0.4, 0.5) is 0 Å². The molecule has 0 aliphatic heterocycles. The van der Waals surface area contributed by atoms with E-state index in [-0.39, 0.29) is 0 Å². The van der Waals surface area contributed by atoms with Crippen molar-refractivity contribution in [3.63, 3.8) is 0 Å². The van der Waals surface area contributed by atoms with Crippen LogP contribution in [-0.4, -0.2) is 29.8 Å². The molecule has 0 heterocycles. The van der Waals surface area contributed by atoms with Crippen molar-refractivity contribution in [3.8, 4) is 0 Å². The quantitative estimate of drug-likeness (QED) is 0.557. The molecule has 15 heavy (non-hydrogen) atoms. The van der Waals surface area contributed by atoms with E-state index in [0.717, 1.165) is 0 Å². The molecule has 0 spiro atoms. The number of hydrogen-bond acceptors (Lipinski definition) is 2. The van der Waals surface area contributed by atoms with Crippen LogP contribution in [0.5, 0.6) is 0 Å². The Morgan fingerprint density at radius 1 is 0.933 bits per heavy atom. The van der Waals surface area contributed by atoms with E-state index < -0.39 is 0 Å². The first kappa shape index (κ1) is 15.3. The summed E-state index contributed by atoms with van der Waals surface area (Å²) >= 11 is 4.56. The van der Waals surface area contributed by atoms with Crippen molar-refractivity contribution in [2.75, 3.05) is 19.6 Å². The van der Waals surface area contributed by atoms with Crippen molar-refractivity contribution in [1.82, 2.24) is 4.90 Å². The van der Waals surface area contributed by atoms with E-state index in [1.807, 2.05) is 0 Å². The van der Waals surface area contributed by atoms with Crippen LogP contribution in [0, 0.1) is 0 Å². The summed E-state index contributed by atoms with van der Waals surface area (Å²) in [5.74, 6) is 0. The van der Waals surface area contributed by atoms with Crippen molar-refractivity contribution in [2.45, 2.75) is 64.5 Å². The average Bonchev–Trinajstić information content (AvgIpc) is 2.27. The SMILES string of the molecule is CCCCN(CCCC)CCC(S)CC. The fourth-order valence-corrected chi connectivity index (χ4v) is 1.75. The van der Waals surface area contributed by atoms with Gasteiger partial charge in [0.05, 0.1) is 0 Å². The van der Waals surface area contributed by atoms with Gasteiger partial charge in [-0.15, -0.1) is 0 Å². The summed E-state index contributed by atoms with van der Waals surface area (Å²) in [7, 11) is 0. The average molecular weight is 231 g/mol. The zero-order chi connectivity index (χ0) is 11.5. The lowest BCUT2D eigenvalue weighted by atomic mass is 10.2. The van der Waals surface area contributed by atoms with Gasteiger partial charge in [-0.05, 0) is 45.3 Å². The van der Waals surface area contributed by atoms with Gasteiger partial charge in [-0.3, -0.25) is 0 Å². The minimum Gasteiger partial charge on any atom is -0.303 e. The standard InChI is InChI=1S/C13H29NS/c1-4-7-10-14(11-8-5-2)12-9-13(15)6-3/h13,15H,4-12H2,1-3H3. The summed E-state index contributed by atoms with van der Waals surface area (Å²) < 4.78 is 0. The van der Waals surface area contributed by atoms with Crippen LogP contribution in [-0.2, 0) is 0 Å². The Kier molecular flexibility index (Phi) is 11.0. The normalized spacial score (nSPS) is 13.4. The van der Waals surface area contributed by atoms with Crippen LogP contribution in [0.2, 0.25) is 0 Å². The van der Waals surface area contributed by atoms with E-state index in [0.29, 0.717) is 5.25 Å². The predicted octanol–water partition coefficient (Wildman–Crippen LogP) is 3.99. The lowest BCUT2D eigenvalue weighted by Gasteiger charge is -2.23. The molecule has 0 aromatic carbocycles. The number of rotatable bonds is 10. The Morgan fingerprint density at radius 2 is 1.47 bits per heavy atom. The molecule has 0 aromatic rings. The summed E-state index contributed by atoms with van der Waals surface area (Å²) in [4.78, 5) is 2.62. The van der Waals surface area contributed by atoms with Crippen LogP contribution < -0.4 is 0 Å². The summed E-state index contributed by atoms with van der Waals surface area (Å²) in [5, 5.41) is 0.593. The molecule has 0 aliphatic rings. The molecule has 1 atom stereocenters. The largest absolute Gasteiger partial charge is 0.303 e. The maximum atomic E-state index is 4.56. The number of hydrogen-bond donors (Lipinski definition) is 1. The van der Waals surface area contributed by atoms with E-state index in [9.17, 15) is 0 Å². The summed E-state index contributed by atoms with van der Waals surface area (Å²) in [5.41, 5.74) is 0. The zero-order valence-corrected chi connectivity index (χ0v) is 11.7. The highest BCUT2D eigenvalue weighted by molar-refractivity contribution is 7.80. The molecular weight excluding hydrogens is 202 g/mol. The van der Waals surface area contributed by atoms with Gasteiger partial charge in [-0.25, -0.2) is 0 Å². The molecule has 1 unspecified atom stereocenters. The first-order chi connectivity index (χ1) is 7.24. The van der Waals surface area contributed by atoms with Gasteiger partial charge in [0.15, 0.2) is 0 Å². The molecule has 0 saturated heterocycles. The van der Waals surface area contributed by atoms with Crippen molar-refractivity contribution in [3.05, 3.63) is 0 Å². The predicted molar refractivity (Wildman–Crippen MR) is 73.9 cm³/mol. The Labute approximate surface area is 102 Å². The molecule has 0 aliphatic carbocycles. The van der Waals surface area contributed by atoms with Crippen LogP contribution in [0.1, 0.15) is 59.3 Å². The van der Waals surface area contributed by atoms with Crippen molar-refractivity contribution in [2.24, 2.45) is 0 Å². The fourth-order valence-electron chi connectivity index (χ4n) is 1.63. The van der Waals surface area contributed by atoms with E-state index in [1.165, 1.54) is 58.2 Å². The van der Waals surface area contributed by atoms with Crippen LogP contribution >= 0.6 is 12.6 Å². The summed E-state index contributed by atoms with van der Waals surface area (Å²) in [6, 6.07) is 0. The van der Waals surface area contributed by atoms with Crippen molar-refractivity contribution in [1.29, 1.82) is 0 Å². The number of nitrogens with zero attached hydrogens (tertiary/aromatic N) is 1. The zero-order valence-electron chi connectivity index (χ0n) is 10.8. The van der Waals surface area contributed by atoms with Gasteiger partial charge in [-0.1, -0.05) is 33.6 Å². The molecule has 92 valence electrons. The smallest absolute Gasteiger partial charge is 0.00263 e. The third kappa shape index (κ3) is 9.25. The van der Waals surface area contributed by atoms with Crippen LogP contribution in [0.25, 0.3) is 0 Å². The second kappa shape index (κ2) is 10.8. The first-order valence-corrected chi connectivity index (χ1v) is 7.16. The van der Waals surface area contributed by atoms with E-state index in [2.05, 4.69) is 38.3 Å². The van der Waals surface area contributed by atoms with Crippen molar-refractivity contribution >= 4 is 12.6 Å². The van der Waals surface area contributed by atoms with Gasteiger partial charge >= 0.3 is 0 Å². The lowest BCUT2D eigenvalue weighted by Crippen LogP contribution is -2.28. The highest BCUT2D eigenvalue weighted by Crippen LogP contribution is 2.08. The number of thiol groups is 1. The van der Waals surface area contributed by atoms with Crippen LogP contribution in [0.3, 0.4) is 0 Å². The van der Waals surface area contributed by atoms with Gasteiger partial charge in [0.25, 0.3) is 0 Å². The third-order valence-corrected chi connectivity index (χ3v) is 3.53. The molecule has 0 fully saturated rings. The van der Waals surface area contributed by atoms with E-state index in [1.54, 1.807) is 0 Å². The highest BCUT2D eigenvalue weighted by atomic mass is 32.1. The van der Waals surface area contributed by atoms with Gasteiger partial charge in [0.2, 0.25) is 0 Å². The van der Waals surface area contributed by atoms with E-state index >= 15 is 0 Å². The second-order valence-electron chi connectivity index (χ2n) is 4.40. The summed E-state index contributed by atoms with van der Waals surface area (Å²) in [6.07, 6.45) is 7.73. The molecule has 0 rings (SSSR count). The topological polar surface area (TPSA) is 3.24 Å². The monoisotopic (exact) mass is 231 g/mol. The Balaban J connectivity index is 3.67. The van der Waals surface area contributed by atoms with Gasteiger partial charge < -0.3 is 4.90 Å². The maximum Gasteiger partial charge on any atom is 0.00263 e. The molecule has 0 amide bonds. The first-order valence-electron chi connectivity index (χ1n) is 6.64. The third-order valence-electron chi connectivity index (χ3n) is 2.91. The van der Waals surface area contributed by atoms with Gasteiger partial charge in [0.1, 0.15) is 0 Å². The van der Waals surface area contributed by atoms with Crippen LogP contribution in [0.15, 0.2) is 0 Å². The Hall–Kier alpha value is 0.310. The molecule has 1 nitrogen and oxygen atoms in total. The second-order valence-corrected chi connectivity index (χ2v) is 5.13. The minimum absolute atomic E-state index is 0.593. The molecular formula is C13H29NS. The lowest BCUT2D eigenvalue weighted by molar-refractivity contribution is 0.261. The number of unbranched alkanes of at least 4 members (excludes halogenated alkanes) is 2. The molecule has 0 saturated carbocycles. The molecule has 0 N–H and O–H groups in total. The summed E-state index contributed by atoms with van der Waals surface area (Å²) in [6.45, 7) is 10.6. The van der Waals surface area contributed by atoms with E-state index in [4.69, 9.17) is 0 Å². The maximum absolute atomic E-state index is 4.56. The van der Waals surface area contributed by atoms with Gasteiger partial charge in [0, 0.05) is 5.25 Å². The van der Waals surface area contributed by atoms with Crippen molar-refractivity contribution < 1.29 is 0 Å². The Bertz CT molecular complexity index is 120. The highest BCUT2D eigenvalue weighted by Gasteiger charge is 2.06. The van der Waals surface area contributed by atoms with Gasteiger partial charge in [-0.2, -0.15) is 12.6 Å². The minimum atomic E-state index is 0.593.